The molecule has 0 saturated carbocycles. The molecule has 0 spiro atoms. The number of hydrogen-bond acceptors (Lipinski definition) is 2. The normalized spacial score (nSPS) is 18.5. The van der Waals surface area contributed by atoms with Crippen molar-refractivity contribution >= 4 is 5.78 Å². The van der Waals surface area contributed by atoms with Crippen LogP contribution in [0.1, 0.15) is 5.56 Å². The van der Waals surface area contributed by atoms with Crippen molar-refractivity contribution < 1.29 is 9.90 Å². The quantitative estimate of drug-likeness (QED) is 0.722. The Hall–Kier alpha value is -1.67. The Balaban J connectivity index is 2.40. The third-order valence-electron chi connectivity index (χ3n) is 2.24. The first-order chi connectivity index (χ1) is 6.71. The minimum atomic E-state index is -1.13. The first kappa shape index (κ1) is 8.91. The molecule has 0 amide bonds. The molecule has 0 aliphatic heterocycles. The van der Waals surface area contributed by atoms with Crippen molar-refractivity contribution in [1.82, 2.24) is 0 Å². The molecule has 14 heavy (non-hydrogen) atoms. The molecule has 0 aromatic heterocycles. The van der Waals surface area contributed by atoms with E-state index in [1.165, 1.54) is 24.3 Å². The van der Waals surface area contributed by atoms with Gasteiger partial charge in [-0.05, 0) is 29.9 Å². The van der Waals surface area contributed by atoms with Crippen LogP contribution in [0.5, 0.6) is 0 Å². The van der Waals surface area contributed by atoms with Gasteiger partial charge in [0.05, 0.1) is 0 Å². The molecule has 0 heterocycles. The van der Waals surface area contributed by atoms with E-state index in [4.69, 9.17) is 0 Å². The van der Waals surface area contributed by atoms with E-state index in [1.54, 1.807) is 0 Å². The number of aliphatic hydroxyl groups is 1. The van der Waals surface area contributed by atoms with Gasteiger partial charge in [0.15, 0.2) is 5.78 Å². The topological polar surface area (TPSA) is 37.3 Å². The maximum atomic E-state index is 10.9. The van der Waals surface area contributed by atoms with Crippen LogP contribution < -0.4 is 0 Å². The van der Waals surface area contributed by atoms with Gasteiger partial charge in [-0.15, -0.1) is 0 Å². The zero-order chi connectivity index (χ0) is 10.0. The summed E-state index contributed by atoms with van der Waals surface area (Å²) in [5.41, 5.74) is -0.366. The second-order valence-electron chi connectivity index (χ2n) is 3.26. The van der Waals surface area contributed by atoms with E-state index >= 15 is 0 Å². The van der Waals surface area contributed by atoms with Crippen LogP contribution in [0.4, 0.5) is 0 Å². The van der Waals surface area contributed by atoms with Gasteiger partial charge < -0.3 is 5.11 Å². The Kier molecular flexibility index (Phi) is 2.06. The number of allylic oxidation sites excluding steroid dienone is 2. The molecule has 2 rings (SSSR count). The van der Waals surface area contributed by atoms with Crippen LogP contribution in [0.3, 0.4) is 0 Å². The smallest absolute Gasteiger partial charge is 0.178 e. The van der Waals surface area contributed by atoms with Crippen molar-refractivity contribution in [2.75, 3.05) is 0 Å². The van der Waals surface area contributed by atoms with Gasteiger partial charge >= 0.3 is 0 Å². The average molecular weight is 186 g/mol. The fourth-order valence-corrected chi connectivity index (χ4v) is 1.43. The zero-order valence-electron chi connectivity index (χ0n) is 7.55. The van der Waals surface area contributed by atoms with Crippen LogP contribution in [-0.2, 0) is 10.4 Å². The predicted octanol–water partition coefficient (Wildman–Crippen LogP) is 1.57. The molecule has 2 nitrogen and oxygen atoms in total. The van der Waals surface area contributed by atoms with Crippen LogP contribution >= 0.6 is 0 Å². The molecule has 0 unspecified atom stereocenters. The highest BCUT2D eigenvalue weighted by atomic mass is 16.3. The Labute approximate surface area is 82.2 Å². The first-order valence-corrected chi connectivity index (χ1v) is 4.41. The van der Waals surface area contributed by atoms with Crippen LogP contribution in [-0.4, -0.2) is 10.9 Å². The molecule has 70 valence electrons. The minimum absolute atomic E-state index is 0.0920. The highest BCUT2D eigenvalue weighted by Crippen LogP contribution is 2.26. The molecule has 1 aliphatic rings. The van der Waals surface area contributed by atoms with Gasteiger partial charge in [-0.3, -0.25) is 4.79 Å². The van der Waals surface area contributed by atoms with Crippen molar-refractivity contribution in [1.29, 1.82) is 0 Å². The molecule has 1 aliphatic carbocycles. The third-order valence-corrected chi connectivity index (χ3v) is 2.24. The Morgan fingerprint density at radius 2 is 1.57 bits per heavy atom. The molecule has 1 aromatic rings. The fraction of sp³-hybridized carbons (Fsp3) is 0.0833. The van der Waals surface area contributed by atoms with Crippen molar-refractivity contribution in [3.05, 3.63) is 60.2 Å². The standard InChI is InChI=1S/C12H10O2/c13-11-6-8-12(14,9-7-11)10-4-2-1-3-5-10/h1-9,14H. The molecular weight excluding hydrogens is 176 g/mol. The Morgan fingerprint density at radius 3 is 2.14 bits per heavy atom. The minimum Gasteiger partial charge on any atom is -0.377 e. The Bertz CT molecular complexity index is 386. The molecule has 0 bridgehead atoms. The zero-order valence-corrected chi connectivity index (χ0v) is 7.55. The van der Waals surface area contributed by atoms with E-state index in [2.05, 4.69) is 0 Å². The summed E-state index contributed by atoms with van der Waals surface area (Å²) >= 11 is 0. The van der Waals surface area contributed by atoms with Gasteiger partial charge in [-0.25, -0.2) is 0 Å². The van der Waals surface area contributed by atoms with Crippen molar-refractivity contribution in [3.8, 4) is 0 Å². The van der Waals surface area contributed by atoms with Gasteiger partial charge in [0, 0.05) is 0 Å². The lowest BCUT2D eigenvalue weighted by Crippen LogP contribution is -2.22. The van der Waals surface area contributed by atoms with E-state index in [0.717, 1.165) is 5.56 Å². The van der Waals surface area contributed by atoms with Gasteiger partial charge in [0.2, 0.25) is 0 Å². The van der Waals surface area contributed by atoms with E-state index in [1.807, 2.05) is 30.3 Å². The van der Waals surface area contributed by atoms with E-state index in [-0.39, 0.29) is 5.78 Å². The summed E-state index contributed by atoms with van der Waals surface area (Å²) < 4.78 is 0. The summed E-state index contributed by atoms with van der Waals surface area (Å²) in [7, 11) is 0. The van der Waals surface area contributed by atoms with E-state index in [0.29, 0.717) is 0 Å². The number of hydrogen-bond donors (Lipinski definition) is 1. The largest absolute Gasteiger partial charge is 0.377 e. The highest BCUT2D eigenvalue weighted by Gasteiger charge is 2.24. The molecule has 0 radical (unpaired) electrons. The van der Waals surface area contributed by atoms with Crippen LogP contribution in [0.25, 0.3) is 0 Å². The maximum absolute atomic E-state index is 10.9. The third kappa shape index (κ3) is 1.52. The SMILES string of the molecule is O=C1C=CC(O)(c2ccccc2)C=C1. The average Bonchev–Trinajstić information content (AvgIpc) is 2.24. The second kappa shape index (κ2) is 3.24. The van der Waals surface area contributed by atoms with E-state index in [9.17, 15) is 9.90 Å². The summed E-state index contributed by atoms with van der Waals surface area (Å²) in [5.74, 6) is -0.0920. The molecule has 0 fully saturated rings. The van der Waals surface area contributed by atoms with Gasteiger partial charge in [0.25, 0.3) is 0 Å². The van der Waals surface area contributed by atoms with Crippen LogP contribution in [0.15, 0.2) is 54.6 Å². The van der Waals surface area contributed by atoms with E-state index < -0.39 is 5.60 Å². The molecule has 1 aromatic carbocycles. The first-order valence-electron chi connectivity index (χ1n) is 4.41. The van der Waals surface area contributed by atoms with Crippen molar-refractivity contribution in [2.45, 2.75) is 5.60 Å². The number of benzene rings is 1. The molecule has 0 atom stereocenters. The number of rotatable bonds is 1. The molecule has 2 heteroatoms. The van der Waals surface area contributed by atoms with Gasteiger partial charge in [-0.1, -0.05) is 30.3 Å². The van der Waals surface area contributed by atoms with Crippen LogP contribution in [0, 0.1) is 0 Å². The van der Waals surface area contributed by atoms with Crippen LogP contribution in [0.2, 0.25) is 0 Å². The highest BCUT2D eigenvalue weighted by molar-refractivity contribution is 6.00. The number of ketones is 1. The maximum Gasteiger partial charge on any atom is 0.178 e. The lowest BCUT2D eigenvalue weighted by molar-refractivity contribution is -0.110. The summed E-state index contributed by atoms with van der Waals surface area (Å²) in [6.07, 6.45) is 5.77. The second-order valence-corrected chi connectivity index (χ2v) is 3.26. The van der Waals surface area contributed by atoms with Gasteiger partial charge in [0.1, 0.15) is 5.60 Å². The predicted molar refractivity (Wildman–Crippen MR) is 53.6 cm³/mol. The number of carbonyl (C=O) groups excluding carboxylic acids is 1. The number of carbonyl (C=O) groups is 1. The van der Waals surface area contributed by atoms with Crippen molar-refractivity contribution in [3.63, 3.8) is 0 Å². The molecule has 0 saturated heterocycles. The summed E-state index contributed by atoms with van der Waals surface area (Å²) in [6, 6.07) is 9.24. The summed E-state index contributed by atoms with van der Waals surface area (Å²) in [4.78, 5) is 10.9. The molecule has 1 N–H and O–H groups in total. The Morgan fingerprint density at radius 1 is 1.00 bits per heavy atom. The lowest BCUT2D eigenvalue weighted by Gasteiger charge is -2.22. The summed E-state index contributed by atoms with van der Waals surface area (Å²) in [6.45, 7) is 0. The lowest BCUT2D eigenvalue weighted by atomic mass is 9.90. The van der Waals surface area contributed by atoms with Crippen molar-refractivity contribution in [2.24, 2.45) is 0 Å². The fourth-order valence-electron chi connectivity index (χ4n) is 1.43. The molecular formula is C12H10O2. The summed E-state index contributed by atoms with van der Waals surface area (Å²) in [5, 5.41) is 10.1. The monoisotopic (exact) mass is 186 g/mol. The van der Waals surface area contributed by atoms with Gasteiger partial charge in [-0.2, -0.15) is 0 Å².